The Labute approximate surface area is 184 Å². The molecule has 3 aromatic rings. The highest BCUT2D eigenvalue weighted by atomic mass is 16.7. The zero-order valence-electron chi connectivity index (χ0n) is 18.1. The molecule has 11 nitrogen and oxygen atoms in total. The van der Waals surface area contributed by atoms with Gasteiger partial charge in [-0.15, -0.1) is 5.10 Å². The van der Waals surface area contributed by atoms with E-state index in [9.17, 15) is 9.59 Å². The highest BCUT2D eigenvalue weighted by Crippen LogP contribution is 2.25. The number of hydrogen-bond acceptors (Lipinski definition) is 9. The van der Waals surface area contributed by atoms with Crippen LogP contribution in [0.3, 0.4) is 0 Å². The molecule has 1 amide bonds. The summed E-state index contributed by atoms with van der Waals surface area (Å²) in [4.78, 5) is 36.5. The van der Waals surface area contributed by atoms with Gasteiger partial charge in [-0.25, -0.2) is 24.6 Å². The van der Waals surface area contributed by atoms with E-state index >= 15 is 0 Å². The van der Waals surface area contributed by atoms with Crippen LogP contribution in [-0.4, -0.2) is 43.7 Å². The topological polar surface area (TPSA) is 150 Å². The molecule has 0 bridgehead atoms. The number of ether oxygens (including phenoxy) is 1. The molecule has 0 saturated heterocycles. The van der Waals surface area contributed by atoms with Gasteiger partial charge in [-0.1, -0.05) is 12.1 Å². The fourth-order valence-electron chi connectivity index (χ4n) is 3.36. The number of hydrogen-bond donors (Lipinski definition) is 3. The van der Waals surface area contributed by atoms with E-state index in [0.717, 1.165) is 11.3 Å². The third kappa shape index (κ3) is 4.22. The standard InChI is InChI=1S/C21H25N7O4/c1-21(2,3)31-20(30)27-9-8-14-12(10-27)11-28-18(24-14)16(17(23)25-28)19(29)32-26-15-7-5-4-6-13(15)22/h4-7,11,26H,8-10,22H2,1-3H3,(H2,23,25). The number of anilines is 3. The minimum Gasteiger partial charge on any atom is -0.444 e. The third-order valence-corrected chi connectivity index (χ3v) is 4.85. The van der Waals surface area contributed by atoms with Gasteiger partial charge in [-0.05, 0) is 32.9 Å². The maximum absolute atomic E-state index is 12.7. The average molecular weight is 439 g/mol. The Hall–Kier alpha value is -4.02. The quantitative estimate of drug-likeness (QED) is 0.413. The van der Waals surface area contributed by atoms with Crippen LogP contribution in [0.1, 0.15) is 42.4 Å². The SMILES string of the molecule is CC(C)(C)OC(=O)N1CCc2nc3c(C(=O)ONc4ccccc4N)c(N)nn3cc2C1. The van der Waals surface area contributed by atoms with Gasteiger partial charge in [0.15, 0.2) is 17.0 Å². The molecule has 0 aliphatic carbocycles. The monoisotopic (exact) mass is 439 g/mol. The van der Waals surface area contributed by atoms with Crippen LogP contribution in [-0.2, 0) is 22.5 Å². The van der Waals surface area contributed by atoms with E-state index in [1.807, 2.05) is 20.8 Å². The number of para-hydroxylation sites is 2. The molecule has 3 heterocycles. The first-order valence-electron chi connectivity index (χ1n) is 10.1. The number of nitrogens with two attached hydrogens (primary N) is 2. The number of amides is 1. The van der Waals surface area contributed by atoms with E-state index in [1.54, 1.807) is 35.4 Å². The van der Waals surface area contributed by atoms with Crippen LogP contribution >= 0.6 is 0 Å². The molecule has 1 aliphatic rings. The average Bonchev–Trinajstić information content (AvgIpc) is 3.04. The molecule has 1 aliphatic heterocycles. The zero-order valence-corrected chi connectivity index (χ0v) is 18.1. The summed E-state index contributed by atoms with van der Waals surface area (Å²) in [6, 6.07) is 6.87. The van der Waals surface area contributed by atoms with Crippen LogP contribution in [0.15, 0.2) is 30.5 Å². The lowest BCUT2D eigenvalue weighted by molar-refractivity contribution is 0.0222. The molecule has 0 atom stereocenters. The van der Waals surface area contributed by atoms with Crippen molar-refractivity contribution >= 4 is 34.9 Å². The Morgan fingerprint density at radius 3 is 2.66 bits per heavy atom. The number of nitrogens with one attached hydrogen (secondary N) is 1. The Morgan fingerprint density at radius 2 is 1.94 bits per heavy atom. The van der Waals surface area contributed by atoms with Gasteiger partial charge < -0.3 is 25.9 Å². The predicted octanol–water partition coefficient (Wildman–Crippen LogP) is 2.37. The van der Waals surface area contributed by atoms with Gasteiger partial charge >= 0.3 is 12.1 Å². The minimum atomic E-state index is -0.737. The molecule has 168 valence electrons. The second kappa shape index (κ2) is 7.91. The van der Waals surface area contributed by atoms with Crippen molar-refractivity contribution in [1.29, 1.82) is 0 Å². The summed E-state index contributed by atoms with van der Waals surface area (Å²) < 4.78 is 6.87. The normalized spacial score (nSPS) is 13.5. The predicted molar refractivity (Wildman–Crippen MR) is 118 cm³/mol. The molecule has 0 radical (unpaired) electrons. The Kier molecular flexibility index (Phi) is 5.25. The second-order valence-corrected chi connectivity index (χ2v) is 8.47. The summed E-state index contributed by atoms with van der Waals surface area (Å²) in [6.07, 6.45) is 1.83. The third-order valence-electron chi connectivity index (χ3n) is 4.85. The molecule has 5 N–H and O–H groups in total. The fourth-order valence-corrected chi connectivity index (χ4v) is 3.36. The Balaban J connectivity index is 1.56. The summed E-state index contributed by atoms with van der Waals surface area (Å²) >= 11 is 0. The molecular formula is C21H25N7O4. The maximum atomic E-state index is 12.7. The molecule has 4 rings (SSSR count). The van der Waals surface area contributed by atoms with E-state index in [0.29, 0.717) is 30.9 Å². The van der Waals surface area contributed by atoms with E-state index in [-0.39, 0.29) is 17.0 Å². The lowest BCUT2D eigenvalue weighted by Gasteiger charge is -2.30. The molecule has 0 unspecified atom stereocenters. The first-order valence-corrected chi connectivity index (χ1v) is 10.1. The molecule has 0 saturated carbocycles. The van der Waals surface area contributed by atoms with Crippen LogP contribution in [0, 0.1) is 0 Å². The first kappa shape index (κ1) is 21.2. The van der Waals surface area contributed by atoms with Crippen molar-refractivity contribution < 1.29 is 19.2 Å². The van der Waals surface area contributed by atoms with Crippen molar-refractivity contribution in [1.82, 2.24) is 19.5 Å². The van der Waals surface area contributed by atoms with Crippen molar-refractivity contribution in [3.05, 3.63) is 47.3 Å². The molecule has 0 fully saturated rings. The lowest BCUT2D eigenvalue weighted by atomic mass is 10.1. The van der Waals surface area contributed by atoms with Crippen LogP contribution in [0.4, 0.5) is 22.0 Å². The number of nitrogens with zero attached hydrogens (tertiary/aromatic N) is 4. The molecule has 1 aromatic carbocycles. The van der Waals surface area contributed by atoms with E-state index < -0.39 is 17.7 Å². The van der Waals surface area contributed by atoms with Crippen molar-refractivity contribution in [3.63, 3.8) is 0 Å². The molecule has 2 aromatic heterocycles. The molecule has 32 heavy (non-hydrogen) atoms. The van der Waals surface area contributed by atoms with Gasteiger partial charge in [0.1, 0.15) is 5.60 Å². The van der Waals surface area contributed by atoms with Crippen molar-refractivity contribution in [2.45, 2.75) is 39.3 Å². The van der Waals surface area contributed by atoms with Crippen molar-refractivity contribution in [2.24, 2.45) is 0 Å². The van der Waals surface area contributed by atoms with Crippen LogP contribution in [0.25, 0.3) is 5.65 Å². The van der Waals surface area contributed by atoms with Crippen molar-refractivity contribution in [2.75, 3.05) is 23.5 Å². The summed E-state index contributed by atoms with van der Waals surface area (Å²) in [5.41, 5.74) is 16.5. The second-order valence-electron chi connectivity index (χ2n) is 8.47. The first-order chi connectivity index (χ1) is 15.1. The number of benzene rings is 1. The highest BCUT2D eigenvalue weighted by molar-refractivity contribution is 6.01. The van der Waals surface area contributed by atoms with Crippen LogP contribution < -0.4 is 16.9 Å². The van der Waals surface area contributed by atoms with E-state index in [2.05, 4.69) is 15.6 Å². The van der Waals surface area contributed by atoms with E-state index in [1.165, 1.54) is 4.52 Å². The lowest BCUT2D eigenvalue weighted by Crippen LogP contribution is -2.40. The van der Waals surface area contributed by atoms with E-state index in [4.69, 9.17) is 21.0 Å². The van der Waals surface area contributed by atoms with Gasteiger partial charge in [0.2, 0.25) is 0 Å². The number of nitrogen functional groups attached to an aromatic ring is 2. The van der Waals surface area contributed by atoms with Gasteiger partial charge in [-0.2, -0.15) is 0 Å². The summed E-state index contributed by atoms with van der Waals surface area (Å²) in [5.74, 6) is -0.754. The number of fused-ring (bicyclic) bond motifs is 2. The maximum Gasteiger partial charge on any atom is 0.410 e. The Morgan fingerprint density at radius 1 is 1.19 bits per heavy atom. The number of rotatable bonds is 3. The zero-order chi connectivity index (χ0) is 23.0. The molecule has 11 heteroatoms. The fraction of sp³-hybridized carbons (Fsp3) is 0.333. The number of aromatic nitrogens is 3. The van der Waals surface area contributed by atoms with Gasteiger partial charge in [-0.3, -0.25) is 0 Å². The molecule has 0 spiro atoms. The van der Waals surface area contributed by atoms with Crippen molar-refractivity contribution in [3.8, 4) is 0 Å². The van der Waals surface area contributed by atoms with Crippen LogP contribution in [0.2, 0.25) is 0 Å². The summed E-state index contributed by atoms with van der Waals surface area (Å²) in [6.45, 7) is 6.23. The van der Waals surface area contributed by atoms with Crippen LogP contribution in [0.5, 0.6) is 0 Å². The largest absolute Gasteiger partial charge is 0.444 e. The minimum absolute atomic E-state index is 0.0170. The summed E-state index contributed by atoms with van der Waals surface area (Å²) in [7, 11) is 0. The number of carbonyl (C=O) groups is 2. The summed E-state index contributed by atoms with van der Waals surface area (Å²) in [5, 5.41) is 4.19. The van der Waals surface area contributed by atoms with Gasteiger partial charge in [0.25, 0.3) is 0 Å². The molecular weight excluding hydrogens is 414 g/mol. The smallest absolute Gasteiger partial charge is 0.410 e. The number of carbonyl (C=O) groups excluding carboxylic acids is 2. The van der Waals surface area contributed by atoms with Gasteiger partial charge in [0, 0.05) is 24.7 Å². The Bertz CT molecular complexity index is 1200. The van der Waals surface area contributed by atoms with Gasteiger partial charge in [0.05, 0.1) is 23.6 Å². The highest BCUT2D eigenvalue weighted by Gasteiger charge is 2.29.